The first-order valence-corrected chi connectivity index (χ1v) is 9.97. The standard InChI is InChI=1S/C20H17Cl2F3N4O2/c1-3-27(4-2)18(30)14-11-26-29(17(14)20(23,24)25)13-7-5-12(6-8-13)28-10-9-15(21)16(22)19(28)31/h5-11H,3-4H2,1-2H3. The van der Waals surface area contributed by atoms with E-state index in [0.717, 1.165) is 6.20 Å². The molecule has 0 aliphatic heterocycles. The van der Waals surface area contributed by atoms with Crippen molar-refractivity contribution in [3.63, 3.8) is 0 Å². The lowest BCUT2D eigenvalue weighted by Crippen LogP contribution is -2.32. The van der Waals surface area contributed by atoms with Crippen molar-refractivity contribution >= 4 is 29.1 Å². The molecule has 6 nitrogen and oxygen atoms in total. The third-order valence-electron chi connectivity index (χ3n) is 4.68. The van der Waals surface area contributed by atoms with E-state index in [1.165, 1.54) is 46.0 Å². The molecule has 11 heteroatoms. The van der Waals surface area contributed by atoms with Crippen LogP contribution in [0.4, 0.5) is 13.2 Å². The van der Waals surface area contributed by atoms with Crippen molar-refractivity contribution in [2.75, 3.05) is 13.1 Å². The van der Waals surface area contributed by atoms with Gasteiger partial charge in [-0.1, -0.05) is 23.2 Å². The van der Waals surface area contributed by atoms with Crippen molar-refractivity contribution in [3.8, 4) is 11.4 Å². The van der Waals surface area contributed by atoms with Crippen molar-refractivity contribution in [3.05, 3.63) is 74.4 Å². The molecule has 31 heavy (non-hydrogen) atoms. The largest absolute Gasteiger partial charge is 0.434 e. The normalized spacial score (nSPS) is 11.6. The molecule has 3 rings (SSSR count). The Bertz CT molecular complexity index is 1170. The van der Waals surface area contributed by atoms with Crippen molar-refractivity contribution in [2.45, 2.75) is 20.0 Å². The van der Waals surface area contributed by atoms with E-state index in [2.05, 4.69) is 5.10 Å². The maximum atomic E-state index is 13.8. The van der Waals surface area contributed by atoms with E-state index in [1.54, 1.807) is 13.8 Å². The minimum Gasteiger partial charge on any atom is -0.339 e. The summed E-state index contributed by atoms with van der Waals surface area (Å²) in [7, 11) is 0. The highest BCUT2D eigenvalue weighted by molar-refractivity contribution is 6.41. The number of aromatic nitrogens is 3. The molecule has 0 radical (unpaired) electrons. The molecule has 0 atom stereocenters. The average molecular weight is 473 g/mol. The molecule has 0 bridgehead atoms. The Morgan fingerprint density at radius 3 is 2.19 bits per heavy atom. The quantitative estimate of drug-likeness (QED) is 0.534. The first kappa shape index (κ1) is 22.9. The summed E-state index contributed by atoms with van der Waals surface area (Å²) in [6.45, 7) is 3.90. The van der Waals surface area contributed by atoms with Crippen LogP contribution in [-0.2, 0) is 6.18 Å². The Morgan fingerprint density at radius 1 is 1.06 bits per heavy atom. The lowest BCUT2D eigenvalue weighted by atomic mass is 10.2. The van der Waals surface area contributed by atoms with Gasteiger partial charge in [-0.2, -0.15) is 18.3 Å². The summed E-state index contributed by atoms with van der Waals surface area (Å²) in [5.41, 5.74) is -1.82. The van der Waals surface area contributed by atoms with Gasteiger partial charge < -0.3 is 4.90 Å². The second-order valence-electron chi connectivity index (χ2n) is 6.46. The van der Waals surface area contributed by atoms with Crippen LogP contribution in [0.3, 0.4) is 0 Å². The van der Waals surface area contributed by atoms with Crippen molar-refractivity contribution in [2.24, 2.45) is 0 Å². The number of carbonyl (C=O) groups excluding carboxylic acids is 1. The van der Waals surface area contributed by atoms with Crippen LogP contribution in [0.25, 0.3) is 11.4 Å². The van der Waals surface area contributed by atoms with Crippen LogP contribution in [0.2, 0.25) is 10.0 Å². The molecular weight excluding hydrogens is 456 g/mol. The Labute approximate surface area is 185 Å². The minimum absolute atomic E-state index is 0.0720. The molecular formula is C20H17Cl2F3N4O2. The maximum absolute atomic E-state index is 13.8. The molecule has 2 heterocycles. The zero-order valence-electron chi connectivity index (χ0n) is 16.5. The van der Waals surface area contributed by atoms with Crippen LogP contribution in [0, 0.1) is 0 Å². The third-order valence-corrected chi connectivity index (χ3v) is 5.45. The first-order valence-electron chi connectivity index (χ1n) is 9.22. The van der Waals surface area contributed by atoms with Crippen molar-refractivity contribution in [1.29, 1.82) is 0 Å². The summed E-state index contributed by atoms with van der Waals surface area (Å²) in [6, 6.07) is 7.03. The van der Waals surface area contributed by atoms with E-state index in [4.69, 9.17) is 23.2 Å². The number of halogens is 5. The summed E-state index contributed by atoms with van der Waals surface area (Å²) in [5.74, 6) is -0.748. The van der Waals surface area contributed by atoms with Gasteiger partial charge in [0.25, 0.3) is 11.5 Å². The molecule has 0 N–H and O–H groups in total. The Morgan fingerprint density at radius 2 is 1.65 bits per heavy atom. The zero-order chi connectivity index (χ0) is 22.9. The second kappa shape index (κ2) is 8.76. The summed E-state index contributed by atoms with van der Waals surface area (Å²) >= 11 is 11.7. The van der Waals surface area contributed by atoms with Gasteiger partial charge in [-0.25, -0.2) is 4.68 Å². The number of alkyl halides is 3. The lowest BCUT2D eigenvalue weighted by Gasteiger charge is -2.19. The maximum Gasteiger partial charge on any atom is 0.434 e. The van der Waals surface area contributed by atoms with E-state index >= 15 is 0 Å². The molecule has 1 amide bonds. The Hall–Kier alpha value is -2.78. The molecule has 0 saturated carbocycles. The predicted molar refractivity (Wildman–Crippen MR) is 111 cm³/mol. The lowest BCUT2D eigenvalue weighted by molar-refractivity contribution is -0.143. The molecule has 0 fully saturated rings. The average Bonchev–Trinajstić information content (AvgIpc) is 3.19. The Kier molecular flexibility index (Phi) is 6.47. The van der Waals surface area contributed by atoms with Crippen LogP contribution in [0.15, 0.2) is 47.5 Å². The fraction of sp³-hybridized carbons (Fsp3) is 0.250. The summed E-state index contributed by atoms with van der Waals surface area (Å²) in [5, 5.41) is 3.74. The van der Waals surface area contributed by atoms with Crippen LogP contribution < -0.4 is 5.56 Å². The van der Waals surface area contributed by atoms with Crippen LogP contribution in [0.1, 0.15) is 29.9 Å². The first-order chi connectivity index (χ1) is 14.6. The van der Waals surface area contributed by atoms with E-state index in [1.807, 2.05) is 0 Å². The summed E-state index contributed by atoms with van der Waals surface area (Å²) < 4.78 is 43.4. The molecule has 0 unspecified atom stereocenters. The smallest absolute Gasteiger partial charge is 0.339 e. The van der Waals surface area contributed by atoms with Gasteiger partial charge in [-0.05, 0) is 44.2 Å². The highest BCUT2D eigenvalue weighted by atomic mass is 35.5. The van der Waals surface area contributed by atoms with Gasteiger partial charge in [0.2, 0.25) is 0 Å². The molecule has 164 valence electrons. The summed E-state index contributed by atoms with van der Waals surface area (Å²) in [6.07, 6.45) is -2.49. The van der Waals surface area contributed by atoms with Gasteiger partial charge in [-0.3, -0.25) is 14.2 Å². The number of nitrogens with zero attached hydrogens (tertiary/aromatic N) is 4. The highest BCUT2D eigenvalue weighted by Crippen LogP contribution is 2.34. The van der Waals surface area contributed by atoms with Gasteiger partial charge in [0, 0.05) is 25.0 Å². The number of hydrogen-bond acceptors (Lipinski definition) is 3. The highest BCUT2D eigenvalue weighted by Gasteiger charge is 2.41. The number of carbonyl (C=O) groups is 1. The third kappa shape index (κ3) is 4.33. The van der Waals surface area contributed by atoms with Crippen LogP contribution in [-0.4, -0.2) is 38.2 Å². The number of rotatable bonds is 5. The minimum atomic E-state index is -4.81. The fourth-order valence-corrected chi connectivity index (χ4v) is 3.39. The molecule has 2 aromatic heterocycles. The van der Waals surface area contributed by atoms with Crippen molar-refractivity contribution < 1.29 is 18.0 Å². The van der Waals surface area contributed by atoms with E-state index < -0.39 is 28.9 Å². The van der Waals surface area contributed by atoms with Gasteiger partial charge in [0.1, 0.15) is 5.02 Å². The topological polar surface area (TPSA) is 60.1 Å². The number of hydrogen-bond donors (Lipinski definition) is 0. The molecule has 0 aliphatic carbocycles. The SMILES string of the molecule is CCN(CC)C(=O)c1cnn(-c2ccc(-n3ccc(Cl)c(Cl)c3=O)cc2)c1C(F)(F)F. The predicted octanol–water partition coefficient (Wildman–Crippen LogP) is 4.83. The molecule has 0 aliphatic rings. The molecule has 1 aromatic carbocycles. The van der Waals surface area contributed by atoms with Gasteiger partial charge in [0.05, 0.1) is 22.5 Å². The molecule has 3 aromatic rings. The second-order valence-corrected chi connectivity index (χ2v) is 7.25. The number of benzene rings is 1. The van der Waals surface area contributed by atoms with Crippen LogP contribution in [0.5, 0.6) is 0 Å². The van der Waals surface area contributed by atoms with Crippen molar-refractivity contribution in [1.82, 2.24) is 19.2 Å². The zero-order valence-corrected chi connectivity index (χ0v) is 18.0. The fourth-order valence-electron chi connectivity index (χ4n) is 3.10. The van der Waals surface area contributed by atoms with E-state index in [0.29, 0.717) is 10.4 Å². The number of pyridine rings is 1. The number of amides is 1. The van der Waals surface area contributed by atoms with Gasteiger partial charge in [-0.15, -0.1) is 0 Å². The Balaban J connectivity index is 2.07. The summed E-state index contributed by atoms with van der Waals surface area (Å²) in [4.78, 5) is 26.1. The monoisotopic (exact) mass is 472 g/mol. The van der Waals surface area contributed by atoms with Gasteiger partial charge in [0.15, 0.2) is 5.69 Å². The van der Waals surface area contributed by atoms with Crippen LogP contribution >= 0.6 is 23.2 Å². The van der Waals surface area contributed by atoms with E-state index in [-0.39, 0.29) is 28.8 Å². The molecule has 0 saturated heterocycles. The van der Waals surface area contributed by atoms with E-state index in [9.17, 15) is 22.8 Å². The molecule has 0 spiro atoms. The van der Waals surface area contributed by atoms with Gasteiger partial charge >= 0.3 is 6.18 Å².